The number of hydrogen-bond acceptors (Lipinski definition) is 2. The molecule has 1 saturated heterocycles. The van der Waals surface area contributed by atoms with Crippen LogP contribution in [0.1, 0.15) is 72.6 Å². The zero-order valence-electron chi connectivity index (χ0n) is 14.2. The molecule has 2 nitrogen and oxygen atoms in total. The molecule has 2 fully saturated rings. The van der Waals surface area contributed by atoms with Crippen LogP contribution >= 0.6 is 0 Å². The van der Waals surface area contributed by atoms with Gasteiger partial charge in [0, 0.05) is 5.41 Å². The van der Waals surface area contributed by atoms with Crippen molar-refractivity contribution in [3.05, 3.63) is 11.6 Å². The fourth-order valence-electron chi connectivity index (χ4n) is 5.42. The molecule has 4 atom stereocenters. The fourth-order valence-corrected chi connectivity index (χ4v) is 5.42. The van der Waals surface area contributed by atoms with E-state index in [1.54, 1.807) is 0 Å². The van der Waals surface area contributed by atoms with Gasteiger partial charge in [-0.05, 0) is 63.4 Å². The van der Waals surface area contributed by atoms with Crippen molar-refractivity contribution in [2.45, 2.75) is 83.8 Å². The number of aliphatic hydroxyl groups is 1. The van der Waals surface area contributed by atoms with Crippen LogP contribution in [0.2, 0.25) is 0 Å². The van der Waals surface area contributed by atoms with Gasteiger partial charge >= 0.3 is 0 Å². The number of unbranched alkanes of at least 4 members (excludes halogenated alkanes) is 1. The highest BCUT2D eigenvalue weighted by Crippen LogP contribution is 2.65. The molecule has 1 spiro atoms. The first-order valence-electron chi connectivity index (χ1n) is 8.89. The molecule has 0 amide bonds. The minimum atomic E-state index is -0.184. The third kappa shape index (κ3) is 2.21. The van der Waals surface area contributed by atoms with Crippen LogP contribution in [0.3, 0.4) is 0 Å². The summed E-state index contributed by atoms with van der Waals surface area (Å²) in [5.41, 5.74) is 1.18. The molecule has 1 saturated carbocycles. The molecule has 0 radical (unpaired) electrons. The molecule has 3 aliphatic rings. The molecule has 2 heteroatoms. The SMILES string of the molecule is CCCCC1C=C(CO)C23CC(CC[C@]2(C)C1)C(C)(C)O3. The Kier molecular flexibility index (Phi) is 3.77. The Balaban J connectivity index is 1.97. The van der Waals surface area contributed by atoms with Gasteiger partial charge in [0.05, 0.1) is 17.8 Å². The van der Waals surface area contributed by atoms with Crippen molar-refractivity contribution in [2.75, 3.05) is 6.61 Å². The summed E-state index contributed by atoms with van der Waals surface area (Å²) in [5.74, 6) is 1.28. The highest BCUT2D eigenvalue weighted by molar-refractivity contribution is 5.32. The van der Waals surface area contributed by atoms with Crippen LogP contribution in [-0.2, 0) is 4.74 Å². The Bertz CT molecular complexity index is 439. The Morgan fingerprint density at radius 3 is 2.71 bits per heavy atom. The van der Waals surface area contributed by atoms with E-state index in [4.69, 9.17) is 4.74 Å². The molecule has 1 heterocycles. The van der Waals surface area contributed by atoms with E-state index >= 15 is 0 Å². The molecule has 0 aromatic heterocycles. The van der Waals surface area contributed by atoms with E-state index in [-0.39, 0.29) is 23.2 Å². The van der Waals surface area contributed by atoms with Crippen LogP contribution in [0.25, 0.3) is 0 Å². The number of rotatable bonds is 4. The maximum Gasteiger partial charge on any atom is 0.0978 e. The predicted molar refractivity (Wildman–Crippen MR) is 86.1 cm³/mol. The third-order valence-corrected chi connectivity index (χ3v) is 6.74. The van der Waals surface area contributed by atoms with Gasteiger partial charge in [-0.25, -0.2) is 0 Å². The highest BCUT2D eigenvalue weighted by Gasteiger charge is 2.65. The van der Waals surface area contributed by atoms with E-state index in [2.05, 4.69) is 33.8 Å². The largest absolute Gasteiger partial charge is 0.392 e. The second-order valence-electron chi connectivity index (χ2n) is 8.49. The molecule has 2 aliphatic carbocycles. The minimum Gasteiger partial charge on any atom is -0.392 e. The molecule has 1 aliphatic heterocycles. The average Bonchev–Trinajstić information content (AvgIpc) is 2.66. The van der Waals surface area contributed by atoms with Gasteiger partial charge in [0.1, 0.15) is 0 Å². The lowest BCUT2D eigenvalue weighted by Crippen LogP contribution is -2.53. The number of allylic oxidation sites excluding steroid dienone is 1. The summed E-state index contributed by atoms with van der Waals surface area (Å²) in [5, 5.41) is 10.0. The van der Waals surface area contributed by atoms with E-state index in [0.717, 1.165) is 6.42 Å². The van der Waals surface area contributed by atoms with Gasteiger partial charge in [-0.15, -0.1) is 0 Å². The van der Waals surface area contributed by atoms with Crippen molar-refractivity contribution in [2.24, 2.45) is 17.3 Å². The van der Waals surface area contributed by atoms with Gasteiger partial charge in [0.2, 0.25) is 0 Å². The molecule has 0 aromatic rings. The first-order chi connectivity index (χ1) is 9.87. The maximum absolute atomic E-state index is 10.0. The van der Waals surface area contributed by atoms with Gasteiger partial charge in [0.15, 0.2) is 0 Å². The minimum absolute atomic E-state index is 0.0394. The molecule has 21 heavy (non-hydrogen) atoms. The van der Waals surface area contributed by atoms with Crippen LogP contribution in [-0.4, -0.2) is 22.9 Å². The zero-order chi connectivity index (χ0) is 15.3. The van der Waals surface area contributed by atoms with Crippen LogP contribution < -0.4 is 0 Å². The van der Waals surface area contributed by atoms with Gasteiger partial charge in [0.25, 0.3) is 0 Å². The summed E-state index contributed by atoms with van der Waals surface area (Å²) >= 11 is 0. The first kappa shape index (κ1) is 15.6. The van der Waals surface area contributed by atoms with Crippen molar-refractivity contribution in [1.29, 1.82) is 0 Å². The lowest BCUT2D eigenvalue weighted by atomic mass is 9.53. The molecular formula is C19H32O2. The molecular weight excluding hydrogens is 260 g/mol. The van der Waals surface area contributed by atoms with E-state index < -0.39 is 0 Å². The van der Waals surface area contributed by atoms with Gasteiger partial charge in [-0.1, -0.05) is 32.8 Å². The fraction of sp³-hybridized carbons (Fsp3) is 0.895. The predicted octanol–water partition coefficient (Wildman–Crippen LogP) is 4.47. The Morgan fingerprint density at radius 1 is 1.29 bits per heavy atom. The van der Waals surface area contributed by atoms with E-state index in [1.807, 2.05) is 0 Å². The standard InChI is InChI=1S/C19H32O2/c1-5-6-7-14-10-16(13-20)19-12-15(17(2,3)21-19)8-9-18(19,4)11-14/h10,14-15,20H,5-9,11-13H2,1-4H3/t14?,15?,18-,19?/m1/s1. The van der Waals surface area contributed by atoms with Gasteiger partial charge < -0.3 is 9.84 Å². The highest BCUT2D eigenvalue weighted by atomic mass is 16.5. The molecule has 120 valence electrons. The quantitative estimate of drug-likeness (QED) is 0.775. The number of aliphatic hydroxyl groups excluding tert-OH is 1. The van der Waals surface area contributed by atoms with Crippen molar-refractivity contribution in [1.82, 2.24) is 0 Å². The molecule has 3 unspecified atom stereocenters. The topological polar surface area (TPSA) is 29.5 Å². The summed E-state index contributed by atoms with van der Waals surface area (Å²) in [6.45, 7) is 9.34. The normalized spacial score (nSPS) is 44.3. The van der Waals surface area contributed by atoms with Crippen molar-refractivity contribution >= 4 is 0 Å². The molecule has 3 rings (SSSR count). The zero-order valence-corrected chi connectivity index (χ0v) is 14.2. The Morgan fingerprint density at radius 2 is 2.05 bits per heavy atom. The van der Waals surface area contributed by atoms with E-state index in [9.17, 15) is 5.11 Å². The van der Waals surface area contributed by atoms with Gasteiger partial charge in [-0.2, -0.15) is 0 Å². The second kappa shape index (κ2) is 5.09. The first-order valence-corrected chi connectivity index (χ1v) is 8.89. The van der Waals surface area contributed by atoms with Crippen LogP contribution in [0.15, 0.2) is 11.6 Å². The van der Waals surface area contributed by atoms with E-state index in [1.165, 1.54) is 44.1 Å². The summed E-state index contributed by atoms with van der Waals surface area (Å²) < 4.78 is 6.70. The van der Waals surface area contributed by atoms with Crippen molar-refractivity contribution < 1.29 is 9.84 Å². The molecule has 2 bridgehead atoms. The summed E-state index contributed by atoms with van der Waals surface area (Å²) in [4.78, 5) is 0. The lowest BCUT2D eigenvalue weighted by Gasteiger charge is -2.53. The summed E-state index contributed by atoms with van der Waals surface area (Å²) in [6.07, 6.45) is 11.1. The van der Waals surface area contributed by atoms with Crippen molar-refractivity contribution in [3.8, 4) is 0 Å². The number of fused-ring (bicyclic) bond motifs is 1. The average molecular weight is 292 g/mol. The maximum atomic E-state index is 10.0. The summed E-state index contributed by atoms with van der Waals surface area (Å²) in [7, 11) is 0. The molecule has 0 aromatic carbocycles. The van der Waals surface area contributed by atoms with Gasteiger partial charge in [-0.3, -0.25) is 0 Å². The number of ether oxygens (including phenoxy) is 1. The van der Waals surface area contributed by atoms with Crippen LogP contribution in [0.5, 0.6) is 0 Å². The Labute approximate surface area is 130 Å². The Hall–Kier alpha value is -0.340. The smallest absolute Gasteiger partial charge is 0.0978 e. The lowest BCUT2D eigenvalue weighted by molar-refractivity contribution is -0.139. The molecule has 1 N–H and O–H groups in total. The van der Waals surface area contributed by atoms with Crippen molar-refractivity contribution in [3.63, 3.8) is 0 Å². The van der Waals surface area contributed by atoms with Crippen LogP contribution in [0, 0.1) is 17.3 Å². The van der Waals surface area contributed by atoms with Crippen LogP contribution in [0.4, 0.5) is 0 Å². The van der Waals surface area contributed by atoms with E-state index in [0.29, 0.717) is 11.8 Å². The second-order valence-corrected chi connectivity index (χ2v) is 8.49. The monoisotopic (exact) mass is 292 g/mol. The third-order valence-electron chi connectivity index (χ3n) is 6.74. The summed E-state index contributed by atoms with van der Waals surface area (Å²) in [6, 6.07) is 0. The number of hydrogen-bond donors (Lipinski definition) is 1.